The number of amides is 1. The van der Waals surface area contributed by atoms with Gasteiger partial charge in [-0.3, -0.25) is 9.78 Å². The predicted octanol–water partition coefficient (Wildman–Crippen LogP) is 2.45. The molecule has 0 saturated carbocycles. The second kappa shape index (κ2) is 5.66. The molecule has 120 valence electrons. The maximum absolute atomic E-state index is 12.5. The summed E-state index contributed by atoms with van der Waals surface area (Å²) in [7, 11) is 0. The highest BCUT2D eigenvalue weighted by molar-refractivity contribution is 5.94. The van der Waals surface area contributed by atoms with Crippen molar-refractivity contribution < 1.29 is 18.0 Å². The summed E-state index contributed by atoms with van der Waals surface area (Å²) in [5.74, 6) is -0.487. The van der Waals surface area contributed by atoms with Crippen molar-refractivity contribution in [2.24, 2.45) is 5.73 Å². The summed E-state index contributed by atoms with van der Waals surface area (Å²) < 4.78 is 37.4. The minimum atomic E-state index is -4.52. The summed E-state index contributed by atoms with van der Waals surface area (Å²) in [6.45, 7) is 0. The molecule has 1 amide bonds. The van der Waals surface area contributed by atoms with E-state index in [9.17, 15) is 18.0 Å². The molecule has 3 rings (SSSR count). The van der Waals surface area contributed by atoms with Gasteiger partial charge in [0, 0.05) is 6.20 Å². The first kappa shape index (κ1) is 15.5. The fourth-order valence-corrected chi connectivity index (χ4v) is 2.71. The third-order valence-corrected chi connectivity index (χ3v) is 3.92. The molecule has 0 aliphatic heterocycles. The minimum absolute atomic E-state index is 0.0705. The first-order valence-electron chi connectivity index (χ1n) is 7.04. The number of nitrogens with zero attached hydrogens (tertiary/aromatic N) is 1. The molecule has 23 heavy (non-hydrogen) atoms. The summed E-state index contributed by atoms with van der Waals surface area (Å²) in [5.41, 5.74) is 7.20. The Morgan fingerprint density at radius 3 is 2.57 bits per heavy atom. The number of rotatable bonds is 2. The summed E-state index contributed by atoms with van der Waals surface area (Å²) in [6.07, 6.45) is -3.01. The van der Waals surface area contributed by atoms with Crippen LogP contribution >= 0.6 is 0 Å². The molecule has 1 heterocycles. The molecule has 1 aromatic heterocycles. The van der Waals surface area contributed by atoms with Gasteiger partial charge in [0.05, 0.1) is 17.6 Å². The lowest BCUT2D eigenvalue weighted by Crippen LogP contribution is -2.40. The SMILES string of the molecule is N[C@@H]1c2ccccc2C[C@H]1NC(=O)c1ccc(C(F)(F)F)nc1. The number of nitrogens with two attached hydrogens (primary N) is 1. The van der Waals surface area contributed by atoms with Crippen molar-refractivity contribution in [3.8, 4) is 0 Å². The molecular formula is C16H14F3N3O. The highest BCUT2D eigenvalue weighted by Crippen LogP contribution is 2.30. The second-order valence-electron chi connectivity index (χ2n) is 5.44. The lowest BCUT2D eigenvalue weighted by atomic mass is 10.1. The fraction of sp³-hybridized carbons (Fsp3) is 0.250. The summed E-state index contributed by atoms with van der Waals surface area (Å²) in [4.78, 5) is 15.5. The topological polar surface area (TPSA) is 68.0 Å². The standard InChI is InChI=1S/C16H14F3N3O/c17-16(18,19)13-6-5-10(8-21-13)15(23)22-12-7-9-3-1-2-4-11(9)14(12)20/h1-6,8,12,14H,7,20H2,(H,22,23)/t12-,14-/m1/s1. The largest absolute Gasteiger partial charge is 0.433 e. The van der Waals surface area contributed by atoms with Crippen molar-refractivity contribution >= 4 is 5.91 Å². The third-order valence-electron chi connectivity index (χ3n) is 3.92. The van der Waals surface area contributed by atoms with Crippen LogP contribution in [0.25, 0.3) is 0 Å². The smallest absolute Gasteiger partial charge is 0.347 e. The van der Waals surface area contributed by atoms with E-state index in [0.29, 0.717) is 6.42 Å². The van der Waals surface area contributed by atoms with Crippen LogP contribution < -0.4 is 11.1 Å². The van der Waals surface area contributed by atoms with Crippen molar-refractivity contribution in [2.75, 3.05) is 0 Å². The summed E-state index contributed by atoms with van der Waals surface area (Å²) in [5, 5.41) is 2.76. The molecule has 4 nitrogen and oxygen atoms in total. The Kier molecular flexibility index (Phi) is 3.81. The molecule has 0 bridgehead atoms. The van der Waals surface area contributed by atoms with E-state index in [-0.39, 0.29) is 17.6 Å². The van der Waals surface area contributed by atoms with Gasteiger partial charge in [0.25, 0.3) is 5.91 Å². The van der Waals surface area contributed by atoms with E-state index in [1.807, 2.05) is 24.3 Å². The fourth-order valence-electron chi connectivity index (χ4n) is 2.71. The van der Waals surface area contributed by atoms with E-state index in [4.69, 9.17) is 5.73 Å². The molecule has 0 unspecified atom stereocenters. The molecule has 0 saturated heterocycles. The third kappa shape index (κ3) is 3.05. The van der Waals surface area contributed by atoms with Gasteiger partial charge in [0.2, 0.25) is 0 Å². The highest BCUT2D eigenvalue weighted by atomic mass is 19.4. The van der Waals surface area contributed by atoms with Crippen LogP contribution in [0.3, 0.4) is 0 Å². The molecule has 1 aromatic carbocycles. The van der Waals surface area contributed by atoms with E-state index in [2.05, 4.69) is 10.3 Å². The van der Waals surface area contributed by atoms with Crippen molar-refractivity contribution in [1.82, 2.24) is 10.3 Å². The molecule has 0 fully saturated rings. The molecule has 0 radical (unpaired) electrons. The van der Waals surface area contributed by atoms with Gasteiger partial charge >= 0.3 is 6.18 Å². The Morgan fingerprint density at radius 2 is 1.96 bits per heavy atom. The number of pyridine rings is 1. The summed E-state index contributed by atoms with van der Waals surface area (Å²) >= 11 is 0. The van der Waals surface area contributed by atoms with Crippen LogP contribution in [0, 0.1) is 0 Å². The Labute approximate surface area is 130 Å². The lowest BCUT2D eigenvalue weighted by molar-refractivity contribution is -0.141. The molecule has 2 aromatic rings. The molecule has 0 spiro atoms. The zero-order valence-electron chi connectivity index (χ0n) is 12.0. The van der Waals surface area contributed by atoms with Crippen LogP contribution in [0.4, 0.5) is 13.2 Å². The normalized spacial score (nSPS) is 20.2. The maximum atomic E-state index is 12.5. The van der Waals surface area contributed by atoms with Gasteiger partial charge in [-0.15, -0.1) is 0 Å². The Hall–Kier alpha value is -2.41. The number of hydrogen-bond donors (Lipinski definition) is 2. The van der Waals surface area contributed by atoms with Crippen LogP contribution in [0.2, 0.25) is 0 Å². The molecule has 3 N–H and O–H groups in total. The van der Waals surface area contributed by atoms with Crippen molar-refractivity contribution in [1.29, 1.82) is 0 Å². The predicted molar refractivity (Wildman–Crippen MR) is 77.6 cm³/mol. The van der Waals surface area contributed by atoms with E-state index >= 15 is 0 Å². The number of alkyl halides is 3. The van der Waals surface area contributed by atoms with E-state index < -0.39 is 17.8 Å². The number of aromatic nitrogens is 1. The average Bonchev–Trinajstić information content (AvgIpc) is 2.83. The number of carbonyl (C=O) groups is 1. The van der Waals surface area contributed by atoms with Crippen molar-refractivity contribution in [2.45, 2.75) is 24.7 Å². The molecule has 1 aliphatic rings. The van der Waals surface area contributed by atoms with Gasteiger partial charge in [-0.2, -0.15) is 13.2 Å². The van der Waals surface area contributed by atoms with Crippen LogP contribution in [0.5, 0.6) is 0 Å². The van der Waals surface area contributed by atoms with E-state index in [1.54, 1.807) is 0 Å². The Balaban J connectivity index is 1.71. The maximum Gasteiger partial charge on any atom is 0.433 e. The number of nitrogens with one attached hydrogen (secondary N) is 1. The zero-order valence-corrected chi connectivity index (χ0v) is 12.0. The van der Waals surface area contributed by atoms with Crippen LogP contribution in [0.1, 0.15) is 33.2 Å². The van der Waals surface area contributed by atoms with Gasteiger partial charge < -0.3 is 11.1 Å². The zero-order chi connectivity index (χ0) is 16.6. The molecular weight excluding hydrogens is 307 g/mol. The molecule has 2 atom stereocenters. The monoisotopic (exact) mass is 321 g/mol. The number of fused-ring (bicyclic) bond motifs is 1. The quantitative estimate of drug-likeness (QED) is 0.893. The lowest BCUT2D eigenvalue weighted by Gasteiger charge is -2.18. The minimum Gasteiger partial charge on any atom is -0.347 e. The van der Waals surface area contributed by atoms with Crippen LogP contribution in [-0.2, 0) is 12.6 Å². The van der Waals surface area contributed by atoms with Crippen molar-refractivity contribution in [3.05, 3.63) is 65.0 Å². The van der Waals surface area contributed by atoms with Crippen LogP contribution in [-0.4, -0.2) is 16.9 Å². The van der Waals surface area contributed by atoms with Crippen molar-refractivity contribution in [3.63, 3.8) is 0 Å². The van der Waals surface area contributed by atoms with Gasteiger partial charge in [-0.1, -0.05) is 24.3 Å². The van der Waals surface area contributed by atoms with Crippen LogP contribution in [0.15, 0.2) is 42.6 Å². The average molecular weight is 321 g/mol. The Morgan fingerprint density at radius 1 is 1.22 bits per heavy atom. The first-order valence-corrected chi connectivity index (χ1v) is 7.04. The first-order chi connectivity index (χ1) is 10.9. The van der Waals surface area contributed by atoms with E-state index in [1.165, 1.54) is 0 Å². The number of hydrogen-bond acceptors (Lipinski definition) is 3. The second-order valence-corrected chi connectivity index (χ2v) is 5.44. The van der Waals surface area contributed by atoms with Gasteiger partial charge in [0.1, 0.15) is 5.69 Å². The number of carbonyl (C=O) groups excluding carboxylic acids is 1. The Bertz CT molecular complexity index is 728. The van der Waals surface area contributed by atoms with E-state index in [0.717, 1.165) is 29.5 Å². The number of benzene rings is 1. The number of halogens is 3. The van der Waals surface area contributed by atoms with Gasteiger partial charge in [-0.05, 0) is 29.7 Å². The van der Waals surface area contributed by atoms with Gasteiger partial charge in [0.15, 0.2) is 0 Å². The summed E-state index contributed by atoms with van der Waals surface area (Å²) in [6, 6.07) is 8.90. The highest BCUT2D eigenvalue weighted by Gasteiger charge is 2.33. The molecule has 1 aliphatic carbocycles. The van der Waals surface area contributed by atoms with Gasteiger partial charge in [-0.25, -0.2) is 0 Å². The molecule has 7 heteroatoms.